The molecular formula is C15H16N4O2. The molecule has 0 atom stereocenters. The molecule has 2 aromatic rings. The first kappa shape index (κ1) is 13.4. The lowest BCUT2D eigenvalue weighted by atomic mass is 10.2. The SMILES string of the molecule is O=C(Nc1c[nH]nc1C(=O)N1CCCC1)c1ccccc1. The maximum absolute atomic E-state index is 12.3. The van der Waals surface area contributed by atoms with Gasteiger partial charge in [-0.15, -0.1) is 0 Å². The van der Waals surface area contributed by atoms with Gasteiger partial charge in [0.05, 0.1) is 5.69 Å². The van der Waals surface area contributed by atoms with Crippen molar-refractivity contribution in [3.05, 3.63) is 47.8 Å². The molecule has 21 heavy (non-hydrogen) atoms. The van der Waals surface area contributed by atoms with Crippen molar-refractivity contribution in [2.45, 2.75) is 12.8 Å². The molecule has 1 aliphatic heterocycles. The number of anilines is 1. The van der Waals surface area contributed by atoms with Gasteiger partial charge in [0.2, 0.25) is 0 Å². The van der Waals surface area contributed by atoms with Crippen LogP contribution in [-0.4, -0.2) is 40.0 Å². The average molecular weight is 284 g/mol. The van der Waals surface area contributed by atoms with Crippen LogP contribution in [0, 0.1) is 0 Å². The van der Waals surface area contributed by atoms with E-state index < -0.39 is 0 Å². The lowest BCUT2D eigenvalue weighted by molar-refractivity contribution is 0.0788. The van der Waals surface area contributed by atoms with Crippen LogP contribution < -0.4 is 5.32 Å². The number of hydrogen-bond donors (Lipinski definition) is 2. The second kappa shape index (κ2) is 5.78. The molecule has 0 saturated carbocycles. The van der Waals surface area contributed by atoms with Crippen LogP contribution in [0.4, 0.5) is 5.69 Å². The molecule has 0 bridgehead atoms. The van der Waals surface area contributed by atoms with Gasteiger partial charge in [-0.05, 0) is 25.0 Å². The summed E-state index contributed by atoms with van der Waals surface area (Å²) in [5, 5.41) is 9.35. The molecule has 1 aliphatic rings. The fourth-order valence-corrected chi connectivity index (χ4v) is 2.40. The summed E-state index contributed by atoms with van der Waals surface area (Å²) in [6.45, 7) is 1.50. The van der Waals surface area contributed by atoms with E-state index in [0.717, 1.165) is 25.9 Å². The molecule has 6 heteroatoms. The van der Waals surface area contributed by atoms with E-state index in [1.54, 1.807) is 29.2 Å². The molecule has 1 aromatic heterocycles. The number of aromatic nitrogens is 2. The first-order valence-electron chi connectivity index (χ1n) is 6.95. The Morgan fingerprint density at radius 2 is 1.86 bits per heavy atom. The average Bonchev–Trinajstić information content (AvgIpc) is 3.19. The van der Waals surface area contributed by atoms with E-state index in [2.05, 4.69) is 15.5 Å². The van der Waals surface area contributed by atoms with Gasteiger partial charge in [0.25, 0.3) is 11.8 Å². The topological polar surface area (TPSA) is 78.1 Å². The van der Waals surface area contributed by atoms with Crippen molar-refractivity contribution in [3.63, 3.8) is 0 Å². The number of nitrogens with zero attached hydrogens (tertiary/aromatic N) is 2. The summed E-state index contributed by atoms with van der Waals surface area (Å²) in [4.78, 5) is 26.2. The second-order valence-corrected chi connectivity index (χ2v) is 4.97. The van der Waals surface area contributed by atoms with E-state index in [9.17, 15) is 9.59 Å². The minimum atomic E-state index is -0.257. The minimum Gasteiger partial charge on any atom is -0.337 e. The number of amides is 2. The molecule has 0 unspecified atom stereocenters. The fourth-order valence-electron chi connectivity index (χ4n) is 2.40. The molecule has 2 N–H and O–H groups in total. The monoisotopic (exact) mass is 284 g/mol. The third kappa shape index (κ3) is 2.79. The summed E-state index contributed by atoms with van der Waals surface area (Å²) in [5.41, 5.74) is 1.22. The van der Waals surface area contributed by atoms with Crippen LogP contribution >= 0.6 is 0 Å². The van der Waals surface area contributed by atoms with Crippen molar-refractivity contribution in [2.24, 2.45) is 0 Å². The number of aromatic amines is 1. The Morgan fingerprint density at radius 1 is 1.14 bits per heavy atom. The van der Waals surface area contributed by atoms with E-state index >= 15 is 0 Å². The summed E-state index contributed by atoms with van der Waals surface area (Å²) in [7, 11) is 0. The summed E-state index contributed by atoms with van der Waals surface area (Å²) in [6.07, 6.45) is 3.56. The van der Waals surface area contributed by atoms with E-state index in [1.165, 1.54) is 6.20 Å². The first-order chi connectivity index (χ1) is 10.3. The Bertz CT molecular complexity index is 645. The molecular weight excluding hydrogens is 268 g/mol. The Balaban J connectivity index is 1.76. The van der Waals surface area contributed by atoms with E-state index in [1.807, 2.05) is 6.07 Å². The number of carbonyl (C=O) groups is 2. The maximum atomic E-state index is 12.3. The predicted octanol–water partition coefficient (Wildman–Crippen LogP) is 1.90. The third-order valence-electron chi connectivity index (χ3n) is 3.52. The van der Waals surface area contributed by atoms with Crippen molar-refractivity contribution in [2.75, 3.05) is 18.4 Å². The van der Waals surface area contributed by atoms with E-state index in [4.69, 9.17) is 0 Å². The van der Waals surface area contributed by atoms with E-state index in [0.29, 0.717) is 11.3 Å². The molecule has 1 fully saturated rings. The van der Waals surface area contributed by atoms with Gasteiger partial charge in [0.15, 0.2) is 5.69 Å². The molecule has 108 valence electrons. The van der Waals surface area contributed by atoms with Crippen molar-refractivity contribution < 1.29 is 9.59 Å². The highest BCUT2D eigenvalue weighted by Gasteiger charge is 2.24. The van der Waals surface area contributed by atoms with Crippen LogP contribution in [0.2, 0.25) is 0 Å². The predicted molar refractivity (Wildman–Crippen MR) is 78.1 cm³/mol. The van der Waals surface area contributed by atoms with Crippen molar-refractivity contribution in [1.29, 1.82) is 0 Å². The molecule has 3 rings (SSSR count). The van der Waals surface area contributed by atoms with Crippen LogP contribution in [-0.2, 0) is 0 Å². The van der Waals surface area contributed by atoms with Gasteiger partial charge >= 0.3 is 0 Å². The van der Waals surface area contributed by atoms with Crippen molar-refractivity contribution >= 4 is 17.5 Å². The number of likely N-dealkylation sites (tertiary alicyclic amines) is 1. The van der Waals surface area contributed by atoms with Crippen LogP contribution in [0.5, 0.6) is 0 Å². The number of benzene rings is 1. The number of H-pyrrole nitrogens is 1. The Kier molecular flexibility index (Phi) is 3.68. The Labute approximate surface area is 122 Å². The van der Waals surface area contributed by atoms with Crippen LogP contribution in [0.15, 0.2) is 36.5 Å². The summed E-state index contributed by atoms with van der Waals surface area (Å²) >= 11 is 0. The summed E-state index contributed by atoms with van der Waals surface area (Å²) in [6, 6.07) is 8.87. The molecule has 0 radical (unpaired) electrons. The third-order valence-corrected chi connectivity index (χ3v) is 3.52. The lowest BCUT2D eigenvalue weighted by Crippen LogP contribution is -2.29. The van der Waals surface area contributed by atoms with Crippen LogP contribution in [0.1, 0.15) is 33.7 Å². The van der Waals surface area contributed by atoms with Crippen molar-refractivity contribution in [3.8, 4) is 0 Å². The number of hydrogen-bond acceptors (Lipinski definition) is 3. The van der Waals surface area contributed by atoms with Gasteiger partial charge in [-0.1, -0.05) is 18.2 Å². The van der Waals surface area contributed by atoms with Crippen molar-refractivity contribution in [1.82, 2.24) is 15.1 Å². The largest absolute Gasteiger partial charge is 0.337 e. The van der Waals surface area contributed by atoms with Gasteiger partial charge in [-0.2, -0.15) is 5.10 Å². The molecule has 0 spiro atoms. The summed E-state index contributed by atoms with van der Waals surface area (Å²) < 4.78 is 0. The van der Waals surface area contributed by atoms with Crippen LogP contribution in [0.3, 0.4) is 0 Å². The smallest absolute Gasteiger partial charge is 0.276 e. The zero-order chi connectivity index (χ0) is 14.7. The standard InChI is InChI=1S/C15H16N4O2/c20-14(11-6-2-1-3-7-11)17-12-10-16-18-13(12)15(21)19-8-4-5-9-19/h1-3,6-7,10H,4-5,8-9H2,(H,16,18)(H,17,20). The number of carbonyl (C=O) groups excluding carboxylic acids is 2. The molecule has 0 aliphatic carbocycles. The zero-order valence-electron chi connectivity index (χ0n) is 11.5. The fraction of sp³-hybridized carbons (Fsp3) is 0.267. The summed E-state index contributed by atoms with van der Waals surface area (Å²) in [5.74, 6) is -0.399. The van der Waals surface area contributed by atoms with Gasteiger partial charge in [-0.25, -0.2) is 0 Å². The van der Waals surface area contributed by atoms with Gasteiger partial charge < -0.3 is 10.2 Å². The Hall–Kier alpha value is -2.63. The van der Waals surface area contributed by atoms with E-state index in [-0.39, 0.29) is 17.5 Å². The molecule has 2 heterocycles. The van der Waals surface area contributed by atoms with Crippen LogP contribution in [0.25, 0.3) is 0 Å². The first-order valence-corrected chi connectivity index (χ1v) is 6.95. The minimum absolute atomic E-state index is 0.142. The molecule has 6 nitrogen and oxygen atoms in total. The highest BCUT2D eigenvalue weighted by atomic mass is 16.2. The second-order valence-electron chi connectivity index (χ2n) is 4.97. The van der Waals surface area contributed by atoms with Gasteiger partial charge in [0.1, 0.15) is 0 Å². The molecule has 2 amide bonds. The normalized spacial score (nSPS) is 14.2. The quantitative estimate of drug-likeness (QED) is 0.903. The highest BCUT2D eigenvalue weighted by molar-refractivity contribution is 6.08. The lowest BCUT2D eigenvalue weighted by Gasteiger charge is -2.14. The maximum Gasteiger partial charge on any atom is 0.276 e. The molecule has 1 saturated heterocycles. The zero-order valence-corrected chi connectivity index (χ0v) is 11.5. The number of rotatable bonds is 3. The highest BCUT2D eigenvalue weighted by Crippen LogP contribution is 2.18. The van der Waals surface area contributed by atoms with Gasteiger partial charge in [-0.3, -0.25) is 14.7 Å². The number of nitrogens with one attached hydrogen (secondary N) is 2. The van der Waals surface area contributed by atoms with Gasteiger partial charge in [0, 0.05) is 24.8 Å². The Morgan fingerprint density at radius 3 is 2.57 bits per heavy atom. The molecule has 1 aromatic carbocycles.